The number of benzene rings is 2. The van der Waals surface area contributed by atoms with Gasteiger partial charge in [0.1, 0.15) is 12.6 Å². The number of hydrogen-bond acceptors (Lipinski definition) is 5. The highest BCUT2D eigenvalue weighted by Gasteiger charge is 2.19. The summed E-state index contributed by atoms with van der Waals surface area (Å²) in [6.07, 6.45) is 1.75. The molecular formula is C21H25Cl2NO5. The van der Waals surface area contributed by atoms with Crippen molar-refractivity contribution in [1.82, 2.24) is 0 Å². The second-order valence-electron chi connectivity index (χ2n) is 5.86. The SMILES string of the molecule is CCc1cccc(CC)c1N(COC)C(=O)CCl.O=C(OO)c1ccccc1Cl. The topological polar surface area (TPSA) is 76.1 Å². The van der Waals surface area contributed by atoms with Crippen LogP contribution < -0.4 is 4.90 Å². The van der Waals surface area contributed by atoms with Crippen LogP contribution in [0.4, 0.5) is 5.69 Å². The third kappa shape index (κ3) is 7.01. The van der Waals surface area contributed by atoms with E-state index in [0.717, 1.165) is 29.7 Å². The van der Waals surface area contributed by atoms with Gasteiger partial charge in [0, 0.05) is 7.11 Å². The monoisotopic (exact) mass is 441 g/mol. The standard InChI is InChI=1S/C14H20ClNO2.C7H5ClO3/c1-4-11-7-6-8-12(5-2)14(11)16(10-18-3)13(17)9-15;8-6-4-2-1-3-5(6)7(9)11-10/h6-8H,4-5,9-10H2,1-3H3;1-4,10H. The van der Waals surface area contributed by atoms with Crippen LogP contribution in [0.3, 0.4) is 0 Å². The van der Waals surface area contributed by atoms with E-state index in [9.17, 15) is 9.59 Å². The molecule has 0 atom stereocenters. The molecule has 0 saturated carbocycles. The number of anilines is 1. The summed E-state index contributed by atoms with van der Waals surface area (Å²) >= 11 is 11.3. The van der Waals surface area contributed by atoms with Crippen molar-refractivity contribution in [3.8, 4) is 0 Å². The molecule has 0 spiro atoms. The van der Waals surface area contributed by atoms with E-state index in [1.54, 1.807) is 24.1 Å². The average Bonchev–Trinajstić information content (AvgIpc) is 2.76. The van der Waals surface area contributed by atoms with Gasteiger partial charge in [-0.15, -0.1) is 11.6 Å². The highest BCUT2D eigenvalue weighted by atomic mass is 35.5. The summed E-state index contributed by atoms with van der Waals surface area (Å²) in [5.41, 5.74) is 3.39. The molecule has 2 aromatic carbocycles. The lowest BCUT2D eigenvalue weighted by molar-refractivity contribution is -0.182. The molecule has 1 N–H and O–H groups in total. The van der Waals surface area contributed by atoms with Crippen molar-refractivity contribution in [3.63, 3.8) is 0 Å². The first-order chi connectivity index (χ1) is 13.9. The quantitative estimate of drug-likeness (QED) is 0.284. The minimum Gasteiger partial charge on any atom is -0.364 e. The maximum atomic E-state index is 12.0. The van der Waals surface area contributed by atoms with Crippen molar-refractivity contribution in [2.24, 2.45) is 0 Å². The molecule has 0 fully saturated rings. The molecule has 29 heavy (non-hydrogen) atoms. The molecule has 0 bridgehead atoms. The average molecular weight is 442 g/mol. The third-order valence-electron chi connectivity index (χ3n) is 4.09. The van der Waals surface area contributed by atoms with E-state index in [0.29, 0.717) is 0 Å². The normalized spacial score (nSPS) is 10.0. The molecule has 0 aromatic heterocycles. The van der Waals surface area contributed by atoms with Crippen LogP contribution in [0.25, 0.3) is 0 Å². The largest absolute Gasteiger partial charge is 0.374 e. The lowest BCUT2D eigenvalue weighted by Crippen LogP contribution is -2.35. The number of rotatable bonds is 7. The molecule has 0 aliphatic heterocycles. The van der Waals surface area contributed by atoms with E-state index in [4.69, 9.17) is 33.2 Å². The van der Waals surface area contributed by atoms with Crippen LogP contribution in [0, 0.1) is 0 Å². The maximum absolute atomic E-state index is 12.0. The zero-order valence-electron chi connectivity index (χ0n) is 16.7. The number of halogens is 2. The summed E-state index contributed by atoms with van der Waals surface area (Å²) in [7, 11) is 1.58. The molecule has 0 aliphatic carbocycles. The van der Waals surface area contributed by atoms with Gasteiger partial charge in [0.2, 0.25) is 5.91 Å². The van der Waals surface area contributed by atoms with Crippen LogP contribution >= 0.6 is 23.2 Å². The molecule has 158 valence electrons. The number of aryl methyl sites for hydroxylation is 2. The Hall–Kier alpha value is -2.12. The highest BCUT2D eigenvalue weighted by Crippen LogP contribution is 2.27. The molecule has 0 aliphatic rings. The first kappa shape index (κ1) is 24.9. The number of amides is 1. The van der Waals surface area contributed by atoms with E-state index in [-0.39, 0.29) is 29.1 Å². The first-order valence-electron chi connectivity index (χ1n) is 9.01. The van der Waals surface area contributed by atoms with Gasteiger partial charge in [-0.2, -0.15) is 5.26 Å². The molecule has 2 rings (SSSR count). The van der Waals surface area contributed by atoms with Crippen LogP contribution in [0.15, 0.2) is 42.5 Å². The smallest absolute Gasteiger partial charge is 0.364 e. The van der Waals surface area contributed by atoms with Gasteiger partial charge in [0.05, 0.1) is 16.3 Å². The number of carbonyl (C=O) groups excluding carboxylic acids is 2. The fourth-order valence-electron chi connectivity index (χ4n) is 2.70. The predicted molar refractivity (Wildman–Crippen MR) is 115 cm³/mol. The molecule has 8 heteroatoms. The fourth-order valence-corrected chi connectivity index (χ4v) is 3.06. The van der Waals surface area contributed by atoms with Crippen LogP contribution in [0.2, 0.25) is 5.02 Å². The van der Waals surface area contributed by atoms with Gasteiger partial charge in [-0.25, -0.2) is 4.79 Å². The lowest BCUT2D eigenvalue weighted by Gasteiger charge is -2.26. The zero-order chi connectivity index (χ0) is 21.8. The Morgan fingerprint density at radius 3 is 2.07 bits per heavy atom. The Bertz CT molecular complexity index is 791. The summed E-state index contributed by atoms with van der Waals surface area (Å²) in [4.78, 5) is 27.8. The highest BCUT2D eigenvalue weighted by molar-refractivity contribution is 6.33. The van der Waals surface area contributed by atoms with E-state index in [2.05, 4.69) is 18.7 Å². The molecule has 0 radical (unpaired) electrons. The number of nitrogens with zero attached hydrogens (tertiary/aromatic N) is 1. The summed E-state index contributed by atoms with van der Waals surface area (Å²) in [5, 5.41) is 8.26. The van der Waals surface area contributed by atoms with Crippen molar-refractivity contribution in [2.45, 2.75) is 26.7 Å². The summed E-state index contributed by atoms with van der Waals surface area (Å²) in [6.45, 7) is 4.39. The molecule has 0 saturated heterocycles. The van der Waals surface area contributed by atoms with Gasteiger partial charge in [-0.3, -0.25) is 14.6 Å². The van der Waals surface area contributed by atoms with E-state index in [1.807, 2.05) is 18.2 Å². The van der Waals surface area contributed by atoms with Crippen LogP contribution in [-0.4, -0.2) is 36.9 Å². The van der Waals surface area contributed by atoms with E-state index >= 15 is 0 Å². The van der Waals surface area contributed by atoms with Crippen LogP contribution in [-0.2, 0) is 27.3 Å². The Kier molecular flexibility index (Phi) is 11.3. The molecule has 1 amide bonds. The lowest BCUT2D eigenvalue weighted by atomic mass is 10.0. The second kappa shape index (κ2) is 13.2. The van der Waals surface area contributed by atoms with Crippen LogP contribution in [0.1, 0.15) is 35.3 Å². The minimum atomic E-state index is -0.851. The van der Waals surface area contributed by atoms with Gasteiger partial charge in [-0.1, -0.05) is 55.8 Å². The third-order valence-corrected chi connectivity index (χ3v) is 4.64. The number of ether oxygens (including phenoxy) is 1. The molecule has 0 heterocycles. The fraction of sp³-hybridized carbons (Fsp3) is 0.333. The van der Waals surface area contributed by atoms with Gasteiger partial charge in [-0.05, 0) is 36.1 Å². The zero-order valence-corrected chi connectivity index (χ0v) is 18.2. The summed E-state index contributed by atoms with van der Waals surface area (Å²) in [5.74, 6) is -1.02. The summed E-state index contributed by atoms with van der Waals surface area (Å²) in [6, 6.07) is 12.4. The molecule has 0 unspecified atom stereocenters. The van der Waals surface area contributed by atoms with Crippen molar-refractivity contribution in [1.29, 1.82) is 0 Å². The van der Waals surface area contributed by atoms with Crippen molar-refractivity contribution in [3.05, 3.63) is 64.2 Å². The van der Waals surface area contributed by atoms with Crippen molar-refractivity contribution in [2.75, 3.05) is 24.6 Å². The second-order valence-corrected chi connectivity index (χ2v) is 6.54. The van der Waals surface area contributed by atoms with Crippen molar-refractivity contribution >= 4 is 40.8 Å². The Morgan fingerprint density at radius 2 is 1.62 bits per heavy atom. The molecular weight excluding hydrogens is 417 g/mol. The minimum absolute atomic E-state index is 0.0371. The van der Waals surface area contributed by atoms with Gasteiger partial charge < -0.3 is 4.74 Å². The first-order valence-corrected chi connectivity index (χ1v) is 9.92. The summed E-state index contributed by atoms with van der Waals surface area (Å²) < 4.78 is 5.13. The number of methoxy groups -OCH3 is 1. The molecule has 6 nitrogen and oxygen atoms in total. The van der Waals surface area contributed by atoms with Gasteiger partial charge >= 0.3 is 5.97 Å². The maximum Gasteiger partial charge on any atom is 0.374 e. The predicted octanol–water partition coefficient (Wildman–Crippen LogP) is 4.96. The van der Waals surface area contributed by atoms with Gasteiger partial charge in [0.15, 0.2) is 0 Å². The Balaban J connectivity index is 0.000000326. The number of alkyl halides is 1. The van der Waals surface area contributed by atoms with Crippen LogP contribution in [0.5, 0.6) is 0 Å². The van der Waals surface area contributed by atoms with E-state index in [1.165, 1.54) is 12.1 Å². The van der Waals surface area contributed by atoms with E-state index < -0.39 is 5.97 Å². The number of para-hydroxylation sites is 1. The Labute approximate surface area is 180 Å². The van der Waals surface area contributed by atoms with Crippen molar-refractivity contribution < 1.29 is 24.5 Å². The number of carbonyl (C=O) groups is 2. The number of hydrogen-bond donors (Lipinski definition) is 1. The van der Waals surface area contributed by atoms with Gasteiger partial charge in [0.25, 0.3) is 0 Å². The Morgan fingerprint density at radius 1 is 1.03 bits per heavy atom. The molecule has 2 aromatic rings.